The highest BCUT2D eigenvalue weighted by atomic mass is 35.5. The number of halogens is 1. The molecular formula is C29H40ClN3O9. The van der Waals surface area contributed by atoms with Gasteiger partial charge in [-0.3, -0.25) is 19.3 Å². The minimum atomic E-state index is -0.527. The first kappa shape index (κ1) is 33.1. The average molecular weight is 610 g/mol. The van der Waals surface area contributed by atoms with Crippen LogP contribution in [-0.2, 0) is 28.6 Å². The van der Waals surface area contributed by atoms with Crippen LogP contribution in [0.1, 0.15) is 62.2 Å². The highest BCUT2D eigenvalue weighted by Gasteiger charge is 2.33. The normalized spacial score (nSPS) is 18.5. The van der Waals surface area contributed by atoms with Crippen molar-refractivity contribution in [2.24, 2.45) is 0 Å². The Morgan fingerprint density at radius 1 is 0.881 bits per heavy atom. The van der Waals surface area contributed by atoms with Crippen molar-refractivity contribution in [3.05, 3.63) is 29.8 Å². The van der Waals surface area contributed by atoms with Crippen LogP contribution < -0.4 is 4.74 Å². The van der Waals surface area contributed by atoms with Gasteiger partial charge in [-0.1, -0.05) is 6.42 Å². The summed E-state index contributed by atoms with van der Waals surface area (Å²) >= 11 is 0. The fourth-order valence-corrected chi connectivity index (χ4v) is 5.42. The van der Waals surface area contributed by atoms with E-state index < -0.39 is 18.9 Å². The minimum Gasteiger partial charge on any atom is -0.482 e. The number of carbonyl (C=O) groups is 5. The zero-order valence-electron chi connectivity index (χ0n) is 24.0. The van der Waals surface area contributed by atoms with Crippen LogP contribution in [-0.4, -0.2) is 109 Å². The second-order valence-corrected chi connectivity index (χ2v) is 10.7. The molecule has 232 valence electrons. The lowest BCUT2D eigenvalue weighted by Crippen LogP contribution is -2.56. The highest BCUT2D eigenvalue weighted by Crippen LogP contribution is 2.22. The first-order valence-electron chi connectivity index (χ1n) is 14.3. The van der Waals surface area contributed by atoms with E-state index in [1.807, 2.05) is 0 Å². The summed E-state index contributed by atoms with van der Waals surface area (Å²) in [5.74, 6) is -0.718. The zero-order valence-corrected chi connectivity index (χ0v) is 24.8. The second kappa shape index (κ2) is 16.3. The lowest BCUT2D eigenvalue weighted by atomic mass is 9.98. The SMILES string of the molecule is CC(=O)OCOC(=O)N1CCC(N2CCN(CC(=O)c3ccc(OCC(=O)OC4CCCCC4)cc3)C(=O)C2)CC1.Cl. The number of benzene rings is 1. The second-order valence-electron chi connectivity index (χ2n) is 10.7. The van der Waals surface area contributed by atoms with E-state index in [4.69, 9.17) is 14.2 Å². The molecule has 2 aliphatic heterocycles. The molecule has 1 aromatic rings. The van der Waals surface area contributed by atoms with Gasteiger partial charge in [0.25, 0.3) is 0 Å². The Kier molecular flexibility index (Phi) is 12.9. The number of ether oxygens (including phenoxy) is 4. The van der Waals surface area contributed by atoms with Gasteiger partial charge in [-0.25, -0.2) is 9.59 Å². The summed E-state index contributed by atoms with van der Waals surface area (Å²) in [6.45, 7) is 2.93. The van der Waals surface area contributed by atoms with E-state index >= 15 is 0 Å². The van der Waals surface area contributed by atoms with E-state index in [1.165, 1.54) is 13.3 Å². The number of ketones is 1. The molecule has 2 amide bonds. The number of esters is 2. The van der Waals surface area contributed by atoms with Crippen molar-refractivity contribution >= 4 is 42.1 Å². The Hall–Kier alpha value is -3.38. The van der Waals surface area contributed by atoms with Crippen molar-refractivity contribution < 1.29 is 42.9 Å². The van der Waals surface area contributed by atoms with Crippen LogP contribution >= 0.6 is 12.4 Å². The van der Waals surface area contributed by atoms with Crippen LogP contribution in [0.3, 0.4) is 0 Å². The van der Waals surface area contributed by atoms with Crippen LogP contribution in [0.4, 0.5) is 4.79 Å². The van der Waals surface area contributed by atoms with Gasteiger partial charge in [0.1, 0.15) is 11.9 Å². The number of Topliss-reactive ketones (excluding diaryl/α,β-unsaturated/α-hetero) is 1. The van der Waals surface area contributed by atoms with Gasteiger partial charge in [0, 0.05) is 44.7 Å². The molecule has 0 atom stereocenters. The van der Waals surface area contributed by atoms with E-state index in [-0.39, 0.29) is 61.9 Å². The fourth-order valence-electron chi connectivity index (χ4n) is 5.42. The Balaban J connectivity index is 0.00000484. The number of rotatable bonds is 10. The Morgan fingerprint density at radius 2 is 1.57 bits per heavy atom. The lowest BCUT2D eigenvalue weighted by Gasteiger charge is -2.41. The van der Waals surface area contributed by atoms with Gasteiger partial charge in [-0.15, -0.1) is 12.4 Å². The van der Waals surface area contributed by atoms with E-state index in [0.29, 0.717) is 50.3 Å². The summed E-state index contributed by atoms with van der Waals surface area (Å²) in [4.78, 5) is 65.9. The quantitative estimate of drug-likeness (QED) is 0.222. The van der Waals surface area contributed by atoms with Gasteiger partial charge in [0.05, 0.1) is 13.1 Å². The smallest absolute Gasteiger partial charge is 0.412 e. The largest absolute Gasteiger partial charge is 0.482 e. The molecule has 2 saturated heterocycles. The first-order chi connectivity index (χ1) is 19.8. The van der Waals surface area contributed by atoms with Crippen LogP contribution in [0, 0.1) is 0 Å². The van der Waals surface area contributed by atoms with Gasteiger partial charge < -0.3 is 28.7 Å². The van der Waals surface area contributed by atoms with Crippen molar-refractivity contribution in [2.75, 3.05) is 52.7 Å². The molecule has 1 saturated carbocycles. The molecule has 0 spiro atoms. The molecule has 0 bridgehead atoms. The van der Waals surface area contributed by atoms with Crippen LogP contribution in [0.2, 0.25) is 0 Å². The number of amides is 2. The number of hydrogen-bond acceptors (Lipinski definition) is 10. The van der Waals surface area contributed by atoms with Gasteiger partial charge in [0.2, 0.25) is 12.7 Å². The third kappa shape index (κ3) is 9.87. The van der Waals surface area contributed by atoms with Crippen molar-refractivity contribution in [3.8, 4) is 5.75 Å². The van der Waals surface area contributed by atoms with Crippen molar-refractivity contribution in [1.29, 1.82) is 0 Å². The maximum Gasteiger partial charge on any atom is 0.412 e. The van der Waals surface area contributed by atoms with Crippen LogP contribution in [0.25, 0.3) is 0 Å². The van der Waals surface area contributed by atoms with Crippen LogP contribution in [0.15, 0.2) is 24.3 Å². The predicted molar refractivity (Wildman–Crippen MR) is 152 cm³/mol. The molecule has 3 fully saturated rings. The number of likely N-dealkylation sites (tertiary alicyclic amines) is 1. The number of hydrogen-bond donors (Lipinski definition) is 0. The topological polar surface area (TPSA) is 132 Å². The molecule has 4 rings (SSSR count). The van der Waals surface area contributed by atoms with E-state index in [1.54, 1.807) is 34.1 Å². The first-order valence-corrected chi connectivity index (χ1v) is 14.3. The fraction of sp³-hybridized carbons (Fsp3) is 0.621. The zero-order chi connectivity index (χ0) is 29.2. The number of carbonyl (C=O) groups excluding carboxylic acids is 5. The predicted octanol–water partition coefficient (Wildman–Crippen LogP) is 2.81. The molecule has 1 aliphatic carbocycles. The van der Waals surface area contributed by atoms with Crippen molar-refractivity contribution in [3.63, 3.8) is 0 Å². The maximum atomic E-state index is 12.9. The molecule has 1 aromatic carbocycles. The number of piperazine rings is 1. The summed E-state index contributed by atoms with van der Waals surface area (Å²) in [5, 5.41) is 0. The molecule has 0 unspecified atom stereocenters. The van der Waals surface area contributed by atoms with Crippen molar-refractivity contribution in [2.45, 2.75) is 64.0 Å². The molecule has 0 aromatic heterocycles. The standard InChI is InChI=1S/C29H39N3O9.ClH/c1-21(33)39-20-40-29(37)30-13-11-23(12-14-30)31-15-16-32(27(35)18-31)17-26(34)22-7-9-24(10-8-22)38-19-28(36)41-25-5-3-2-4-6-25;/h7-10,23,25H,2-6,11-20H2,1H3;1H. The minimum absolute atomic E-state index is 0. The van der Waals surface area contributed by atoms with Crippen LogP contribution in [0.5, 0.6) is 5.75 Å². The molecule has 42 heavy (non-hydrogen) atoms. The van der Waals surface area contributed by atoms with Gasteiger partial charge in [-0.05, 0) is 62.8 Å². The summed E-state index contributed by atoms with van der Waals surface area (Å²) < 4.78 is 20.6. The van der Waals surface area contributed by atoms with Gasteiger partial charge in [-0.2, -0.15) is 0 Å². The third-order valence-corrected chi connectivity index (χ3v) is 7.75. The van der Waals surface area contributed by atoms with Gasteiger partial charge in [0.15, 0.2) is 12.4 Å². The van der Waals surface area contributed by atoms with E-state index in [2.05, 4.69) is 9.64 Å². The maximum absolute atomic E-state index is 12.9. The monoisotopic (exact) mass is 609 g/mol. The Labute approximate surface area is 252 Å². The molecule has 13 heteroatoms. The van der Waals surface area contributed by atoms with Crippen molar-refractivity contribution in [1.82, 2.24) is 14.7 Å². The summed E-state index contributed by atoms with van der Waals surface area (Å²) in [6.07, 6.45) is 5.99. The molecule has 0 N–H and O–H groups in total. The Bertz CT molecular complexity index is 1090. The van der Waals surface area contributed by atoms with Gasteiger partial charge >= 0.3 is 18.0 Å². The summed E-state index contributed by atoms with van der Waals surface area (Å²) in [5.41, 5.74) is 0.463. The summed E-state index contributed by atoms with van der Waals surface area (Å²) in [6, 6.07) is 6.70. The third-order valence-electron chi connectivity index (χ3n) is 7.75. The average Bonchev–Trinajstić information content (AvgIpc) is 2.97. The molecular weight excluding hydrogens is 570 g/mol. The summed E-state index contributed by atoms with van der Waals surface area (Å²) in [7, 11) is 0. The lowest BCUT2D eigenvalue weighted by molar-refractivity contribution is -0.153. The molecule has 0 radical (unpaired) electrons. The molecule has 3 aliphatic rings. The highest BCUT2D eigenvalue weighted by molar-refractivity contribution is 5.99. The Morgan fingerprint density at radius 3 is 2.21 bits per heavy atom. The number of nitrogens with zero attached hydrogens (tertiary/aromatic N) is 3. The molecule has 2 heterocycles. The molecule has 12 nitrogen and oxygen atoms in total. The van der Waals surface area contributed by atoms with E-state index in [9.17, 15) is 24.0 Å². The number of piperidine rings is 1. The van der Waals surface area contributed by atoms with E-state index in [0.717, 1.165) is 25.7 Å².